The quantitative estimate of drug-likeness (QED) is 0.906. The summed E-state index contributed by atoms with van der Waals surface area (Å²) in [5.74, 6) is 1.04. The Labute approximate surface area is 120 Å². The topological polar surface area (TPSA) is 57.6 Å². The van der Waals surface area contributed by atoms with Crippen LogP contribution in [-0.2, 0) is 10.0 Å². The van der Waals surface area contributed by atoms with Crippen molar-refractivity contribution in [1.29, 1.82) is 0 Å². The maximum atomic E-state index is 12.4. The zero-order valence-corrected chi connectivity index (χ0v) is 12.4. The first-order valence-electron chi connectivity index (χ1n) is 5.19. The Kier molecular flexibility index (Phi) is 4.33. The molecule has 0 saturated carbocycles. The number of hydrogen-bond donors (Lipinski definition) is 1. The maximum absolute atomic E-state index is 12.4. The van der Waals surface area contributed by atoms with Gasteiger partial charge in [0.25, 0.3) is 0 Å². The molecular weight excluding hydrogens is 317 g/mol. The van der Waals surface area contributed by atoms with Gasteiger partial charge in [0.1, 0.15) is 4.90 Å². The van der Waals surface area contributed by atoms with E-state index in [1.165, 1.54) is 16.4 Å². The maximum Gasteiger partial charge on any atom is 0.246 e. The number of benzene rings is 1. The molecule has 2 rings (SSSR count). The van der Waals surface area contributed by atoms with E-state index in [4.69, 9.17) is 23.2 Å². The van der Waals surface area contributed by atoms with Gasteiger partial charge in [-0.3, -0.25) is 0 Å². The summed E-state index contributed by atoms with van der Waals surface area (Å²) < 4.78 is 26.0. The summed E-state index contributed by atoms with van der Waals surface area (Å²) in [6.07, 6.45) is 0. The summed E-state index contributed by atoms with van der Waals surface area (Å²) in [6, 6.07) is 2.53. The monoisotopic (exact) mass is 327 g/mol. The number of sulfonamides is 1. The predicted molar refractivity (Wildman–Crippen MR) is 74.2 cm³/mol. The van der Waals surface area contributed by atoms with Crippen LogP contribution < -0.4 is 0 Å². The number of halogens is 2. The molecule has 1 aromatic rings. The Balaban J connectivity index is 2.46. The minimum Gasteiger partial charge on any atom is -0.505 e. The summed E-state index contributed by atoms with van der Waals surface area (Å²) in [6.45, 7) is 0.854. The van der Waals surface area contributed by atoms with E-state index in [1.54, 1.807) is 11.8 Å². The molecule has 18 heavy (non-hydrogen) atoms. The molecule has 0 unspecified atom stereocenters. The van der Waals surface area contributed by atoms with Gasteiger partial charge in [0.05, 0.1) is 5.02 Å². The highest BCUT2D eigenvalue weighted by Crippen LogP contribution is 2.36. The van der Waals surface area contributed by atoms with Gasteiger partial charge in [-0.25, -0.2) is 8.42 Å². The van der Waals surface area contributed by atoms with Crippen LogP contribution in [0.25, 0.3) is 0 Å². The zero-order valence-electron chi connectivity index (χ0n) is 9.27. The normalized spacial score (nSPS) is 17.9. The van der Waals surface area contributed by atoms with Gasteiger partial charge in [-0.1, -0.05) is 23.2 Å². The molecule has 0 atom stereocenters. The fraction of sp³-hybridized carbons (Fsp3) is 0.400. The Bertz CT molecular complexity index is 556. The molecule has 0 aromatic heterocycles. The van der Waals surface area contributed by atoms with Gasteiger partial charge in [0.15, 0.2) is 5.75 Å². The average molecular weight is 328 g/mol. The molecule has 1 heterocycles. The number of rotatable bonds is 2. The van der Waals surface area contributed by atoms with Gasteiger partial charge in [-0.15, -0.1) is 0 Å². The lowest BCUT2D eigenvalue weighted by molar-refractivity contribution is 0.428. The minimum atomic E-state index is -3.74. The van der Waals surface area contributed by atoms with Crippen molar-refractivity contribution in [2.24, 2.45) is 0 Å². The van der Waals surface area contributed by atoms with Crippen molar-refractivity contribution in [3.8, 4) is 5.75 Å². The molecule has 4 nitrogen and oxygen atoms in total. The Morgan fingerprint density at radius 2 is 1.83 bits per heavy atom. The highest BCUT2D eigenvalue weighted by molar-refractivity contribution is 7.99. The van der Waals surface area contributed by atoms with Crippen LogP contribution >= 0.6 is 35.0 Å². The van der Waals surface area contributed by atoms with Crippen LogP contribution in [0.15, 0.2) is 17.0 Å². The lowest BCUT2D eigenvalue weighted by Gasteiger charge is -2.26. The van der Waals surface area contributed by atoms with Crippen LogP contribution in [0, 0.1) is 0 Å². The van der Waals surface area contributed by atoms with E-state index < -0.39 is 15.8 Å². The van der Waals surface area contributed by atoms with Crippen molar-refractivity contribution in [3.63, 3.8) is 0 Å². The molecule has 8 heteroatoms. The van der Waals surface area contributed by atoms with Crippen molar-refractivity contribution in [3.05, 3.63) is 22.2 Å². The summed E-state index contributed by atoms with van der Waals surface area (Å²) >= 11 is 13.2. The summed E-state index contributed by atoms with van der Waals surface area (Å²) in [5.41, 5.74) is 0. The third-order valence-electron chi connectivity index (χ3n) is 2.58. The standard InChI is InChI=1S/C10H11Cl2NO3S2/c11-7-5-8(12)10(14)9(6-7)18(15,16)13-1-3-17-4-2-13/h5-6,14H,1-4H2. The van der Waals surface area contributed by atoms with Crippen molar-refractivity contribution in [2.45, 2.75) is 4.90 Å². The van der Waals surface area contributed by atoms with Gasteiger partial charge in [0, 0.05) is 29.6 Å². The first-order valence-corrected chi connectivity index (χ1v) is 8.54. The third kappa shape index (κ3) is 2.72. The molecule has 1 aliphatic rings. The second-order valence-electron chi connectivity index (χ2n) is 3.75. The molecule has 0 radical (unpaired) electrons. The molecule has 1 aliphatic heterocycles. The van der Waals surface area contributed by atoms with Crippen LogP contribution in [0.3, 0.4) is 0 Å². The number of thioether (sulfide) groups is 1. The molecule has 1 saturated heterocycles. The fourth-order valence-electron chi connectivity index (χ4n) is 1.67. The largest absolute Gasteiger partial charge is 0.505 e. The van der Waals surface area contributed by atoms with Crippen LogP contribution in [0.1, 0.15) is 0 Å². The number of aromatic hydroxyl groups is 1. The van der Waals surface area contributed by atoms with Gasteiger partial charge >= 0.3 is 0 Å². The second kappa shape index (κ2) is 5.46. The van der Waals surface area contributed by atoms with Gasteiger partial charge in [-0.05, 0) is 12.1 Å². The lowest BCUT2D eigenvalue weighted by Crippen LogP contribution is -2.37. The van der Waals surface area contributed by atoms with Crippen LogP contribution in [-0.4, -0.2) is 42.4 Å². The SMILES string of the molecule is O=S(=O)(c1cc(Cl)cc(Cl)c1O)N1CCSCC1. The van der Waals surface area contributed by atoms with Crippen LogP contribution in [0.5, 0.6) is 5.75 Å². The van der Waals surface area contributed by atoms with E-state index in [0.717, 1.165) is 11.5 Å². The lowest BCUT2D eigenvalue weighted by atomic mass is 10.3. The van der Waals surface area contributed by atoms with E-state index in [2.05, 4.69) is 0 Å². The van der Waals surface area contributed by atoms with E-state index >= 15 is 0 Å². The molecule has 1 aromatic carbocycles. The number of nitrogens with zero attached hydrogens (tertiary/aromatic N) is 1. The molecule has 0 aliphatic carbocycles. The number of phenols is 1. The third-order valence-corrected chi connectivity index (χ3v) is 5.94. The Morgan fingerprint density at radius 3 is 2.44 bits per heavy atom. The highest BCUT2D eigenvalue weighted by atomic mass is 35.5. The zero-order chi connectivity index (χ0) is 13.3. The molecule has 1 N–H and O–H groups in total. The molecule has 0 amide bonds. The van der Waals surface area contributed by atoms with Gasteiger partial charge in [-0.2, -0.15) is 16.1 Å². The van der Waals surface area contributed by atoms with Crippen LogP contribution in [0.4, 0.5) is 0 Å². The molecule has 0 spiro atoms. The molecular formula is C10H11Cl2NO3S2. The second-order valence-corrected chi connectivity index (χ2v) is 7.73. The van der Waals surface area contributed by atoms with E-state index in [0.29, 0.717) is 13.1 Å². The Hall–Kier alpha value is -0.140. The smallest absolute Gasteiger partial charge is 0.246 e. The first-order chi connectivity index (χ1) is 8.43. The number of hydrogen-bond acceptors (Lipinski definition) is 4. The Morgan fingerprint density at radius 1 is 1.22 bits per heavy atom. The fourth-order valence-corrected chi connectivity index (χ4v) is 4.99. The minimum absolute atomic E-state index is 0.0625. The molecule has 100 valence electrons. The van der Waals surface area contributed by atoms with Gasteiger partial charge in [0.2, 0.25) is 10.0 Å². The highest BCUT2D eigenvalue weighted by Gasteiger charge is 2.29. The summed E-state index contributed by atoms with van der Waals surface area (Å²) in [4.78, 5) is -0.230. The van der Waals surface area contributed by atoms with E-state index in [9.17, 15) is 13.5 Å². The van der Waals surface area contributed by atoms with E-state index in [-0.39, 0.29) is 14.9 Å². The van der Waals surface area contributed by atoms with Crippen molar-refractivity contribution in [2.75, 3.05) is 24.6 Å². The summed E-state index contributed by atoms with van der Waals surface area (Å²) in [7, 11) is -3.74. The summed E-state index contributed by atoms with van der Waals surface area (Å²) in [5, 5.41) is 9.91. The van der Waals surface area contributed by atoms with Gasteiger partial charge < -0.3 is 5.11 Å². The molecule has 0 bridgehead atoms. The van der Waals surface area contributed by atoms with Crippen molar-refractivity contribution < 1.29 is 13.5 Å². The van der Waals surface area contributed by atoms with Crippen LogP contribution in [0.2, 0.25) is 10.0 Å². The first kappa shape index (κ1) is 14.3. The average Bonchev–Trinajstić information content (AvgIpc) is 2.34. The van der Waals surface area contributed by atoms with Crippen molar-refractivity contribution >= 4 is 45.0 Å². The molecule has 1 fully saturated rings. The van der Waals surface area contributed by atoms with E-state index in [1.807, 2.05) is 0 Å². The van der Waals surface area contributed by atoms with Crippen molar-refractivity contribution in [1.82, 2.24) is 4.31 Å². The number of phenolic OH excluding ortho intramolecular Hbond substituents is 1. The predicted octanol–water partition coefficient (Wildman–Crippen LogP) is 2.44.